The second-order valence-electron chi connectivity index (χ2n) is 4.99. The van der Waals surface area contributed by atoms with Crippen molar-refractivity contribution in [1.29, 1.82) is 0 Å². The molecule has 4 nitrogen and oxygen atoms in total. The van der Waals surface area contributed by atoms with Gasteiger partial charge in [0.05, 0.1) is 26.5 Å². The molecule has 0 radical (unpaired) electrons. The van der Waals surface area contributed by atoms with E-state index in [1.54, 1.807) is 36.4 Å². The highest BCUT2D eigenvalue weighted by Gasteiger charge is 2.10. The molecular weight excluding hydrogens is 360 g/mol. The topological polar surface area (TPSA) is 56.5 Å². The lowest BCUT2D eigenvalue weighted by molar-refractivity contribution is 0.370. The van der Waals surface area contributed by atoms with Crippen LogP contribution in [0.15, 0.2) is 68.7 Å². The van der Waals surface area contributed by atoms with Crippen molar-refractivity contribution < 1.29 is 13.4 Å². The third-order valence-electron chi connectivity index (χ3n) is 3.32. The van der Waals surface area contributed by atoms with Gasteiger partial charge in [-0.15, -0.1) is 0 Å². The maximum absolute atomic E-state index is 12.5. The van der Waals surface area contributed by atoms with Gasteiger partial charge in [-0.25, -0.2) is 4.79 Å². The van der Waals surface area contributed by atoms with Gasteiger partial charge in [0.1, 0.15) is 17.9 Å². The number of fused-ring (bicyclic) bond motifs is 1. The van der Waals surface area contributed by atoms with E-state index in [0.29, 0.717) is 26.6 Å². The van der Waals surface area contributed by atoms with E-state index in [4.69, 9.17) is 20.8 Å². The van der Waals surface area contributed by atoms with Crippen molar-refractivity contribution in [3.8, 4) is 17.6 Å². The zero-order valence-electron chi connectivity index (χ0n) is 13.0. The fourth-order valence-corrected chi connectivity index (χ4v) is 3.41. The number of hydrogen-bond donors (Lipinski definition) is 0. The quantitative estimate of drug-likeness (QED) is 0.518. The second-order valence-corrected chi connectivity index (χ2v) is 6.82. The number of ether oxygens (including phenoxy) is 1. The highest BCUT2D eigenvalue weighted by molar-refractivity contribution is 7.85. The van der Waals surface area contributed by atoms with Crippen molar-refractivity contribution in [2.24, 2.45) is 0 Å². The summed E-state index contributed by atoms with van der Waals surface area (Å²) in [5.74, 6) is 6.25. The highest BCUT2D eigenvalue weighted by atomic mass is 35.5. The van der Waals surface area contributed by atoms with Crippen molar-refractivity contribution in [3.63, 3.8) is 0 Å². The molecule has 126 valence electrons. The van der Waals surface area contributed by atoms with Crippen LogP contribution in [0.5, 0.6) is 5.75 Å². The summed E-state index contributed by atoms with van der Waals surface area (Å²) in [6.07, 6.45) is 0. The molecule has 25 heavy (non-hydrogen) atoms. The molecule has 0 aliphatic heterocycles. The minimum absolute atomic E-state index is 0.0966. The Morgan fingerprint density at radius 1 is 1.08 bits per heavy atom. The molecule has 1 atom stereocenters. The van der Waals surface area contributed by atoms with Crippen LogP contribution < -0.4 is 10.4 Å². The summed E-state index contributed by atoms with van der Waals surface area (Å²) in [7, 11) is -1.44. The van der Waals surface area contributed by atoms with Crippen LogP contribution in [0.25, 0.3) is 11.0 Å². The Hall–Kier alpha value is -2.55. The average molecular weight is 373 g/mol. The minimum atomic E-state index is -1.44. The molecule has 6 heteroatoms. The molecule has 0 spiro atoms. The zero-order valence-corrected chi connectivity index (χ0v) is 14.6. The highest BCUT2D eigenvalue weighted by Crippen LogP contribution is 2.22. The van der Waals surface area contributed by atoms with Crippen LogP contribution in [0.1, 0.15) is 0 Å². The largest absolute Gasteiger partial charge is 0.479 e. The fourth-order valence-electron chi connectivity index (χ4n) is 2.19. The molecule has 0 aliphatic rings. The van der Waals surface area contributed by atoms with Gasteiger partial charge in [0.25, 0.3) is 0 Å². The first-order valence-corrected chi connectivity index (χ1v) is 9.09. The Kier molecular flexibility index (Phi) is 5.54. The Labute approximate surface area is 151 Å². The number of para-hydroxylation sites is 2. The van der Waals surface area contributed by atoms with Crippen molar-refractivity contribution in [1.82, 2.24) is 0 Å². The van der Waals surface area contributed by atoms with E-state index >= 15 is 0 Å². The van der Waals surface area contributed by atoms with Crippen LogP contribution in [0.2, 0.25) is 5.02 Å². The van der Waals surface area contributed by atoms with Crippen LogP contribution in [0.3, 0.4) is 0 Å². The molecule has 3 rings (SSSR count). The molecule has 1 aromatic heterocycles. The Morgan fingerprint density at radius 3 is 2.68 bits per heavy atom. The average Bonchev–Trinajstić information content (AvgIpc) is 2.62. The molecule has 0 N–H and O–H groups in total. The van der Waals surface area contributed by atoms with E-state index in [-0.39, 0.29) is 12.4 Å². The lowest BCUT2D eigenvalue weighted by Gasteiger charge is -2.03. The van der Waals surface area contributed by atoms with Gasteiger partial charge in [-0.3, -0.25) is 4.21 Å². The van der Waals surface area contributed by atoms with Crippen LogP contribution in [-0.2, 0) is 10.8 Å². The first-order valence-electron chi connectivity index (χ1n) is 7.39. The summed E-state index contributed by atoms with van der Waals surface area (Å²) in [5, 5.41) is 1.16. The van der Waals surface area contributed by atoms with E-state index in [1.807, 2.05) is 12.1 Å². The van der Waals surface area contributed by atoms with Gasteiger partial charge in [-0.1, -0.05) is 53.8 Å². The molecule has 1 heterocycles. The Balaban J connectivity index is 1.68. The standard InChI is InChI=1S/C19H13ClO4S/c20-15-8-2-4-10-17(15)23-11-5-6-12-25(22)18-13-19(21)24-16-9-3-1-7-14(16)18/h1-4,7-10,13H,11-12H2. The number of rotatable bonds is 4. The molecule has 0 saturated carbocycles. The maximum Gasteiger partial charge on any atom is 0.337 e. The number of halogens is 1. The zero-order chi connectivity index (χ0) is 17.6. The van der Waals surface area contributed by atoms with Crippen molar-refractivity contribution in [3.05, 3.63) is 70.0 Å². The molecule has 0 bridgehead atoms. The van der Waals surface area contributed by atoms with Crippen LogP contribution >= 0.6 is 11.6 Å². The van der Waals surface area contributed by atoms with Gasteiger partial charge < -0.3 is 9.15 Å². The Bertz CT molecular complexity index is 1050. The first-order chi connectivity index (χ1) is 12.1. The van der Waals surface area contributed by atoms with Crippen molar-refractivity contribution in [2.75, 3.05) is 12.4 Å². The van der Waals surface area contributed by atoms with E-state index in [0.717, 1.165) is 0 Å². The van der Waals surface area contributed by atoms with Gasteiger partial charge in [-0.2, -0.15) is 0 Å². The van der Waals surface area contributed by atoms with E-state index in [9.17, 15) is 9.00 Å². The molecule has 0 saturated heterocycles. The molecule has 0 amide bonds. The van der Waals surface area contributed by atoms with Gasteiger partial charge in [0.15, 0.2) is 0 Å². The van der Waals surface area contributed by atoms with E-state index < -0.39 is 16.4 Å². The van der Waals surface area contributed by atoms with Crippen LogP contribution in [0.4, 0.5) is 0 Å². The monoisotopic (exact) mass is 372 g/mol. The lowest BCUT2D eigenvalue weighted by Crippen LogP contribution is -2.04. The van der Waals surface area contributed by atoms with Crippen molar-refractivity contribution in [2.45, 2.75) is 4.90 Å². The SMILES string of the molecule is O=c1cc(S(=O)CC#CCOc2ccccc2Cl)c2ccccc2o1. The van der Waals surface area contributed by atoms with Crippen LogP contribution in [0, 0.1) is 11.8 Å². The summed E-state index contributed by atoms with van der Waals surface area (Å²) in [6.45, 7) is 0.138. The van der Waals surface area contributed by atoms with Gasteiger partial charge >= 0.3 is 5.63 Å². The van der Waals surface area contributed by atoms with E-state index in [1.165, 1.54) is 6.07 Å². The molecule has 0 fully saturated rings. The first kappa shape index (κ1) is 17.3. The molecule has 0 aliphatic carbocycles. The number of hydrogen-bond acceptors (Lipinski definition) is 4. The summed E-state index contributed by atoms with van der Waals surface area (Å²) < 4.78 is 23.0. The minimum Gasteiger partial charge on any atom is -0.479 e. The maximum atomic E-state index is 12.5. The molecular formula is C19H13ClO4S. The third kappa shape index (κ3) is 4.30. The molecule has 1 unspecified atom stereocenters. The van der Waals surface area contributed by atoms with Crippen LogP contribution in [-0.4, -0.2) is 16.6 Å². The fraction of sp³-hybridized carbons (Fsp3) is 0.105. The van der Waals surface area contributed by atoms with E-state index in [2.05, 4.69) is 11.8 Å². The molecule has 2 aromatic carbocycles. The summed E-state index contributed by atoms with van der Waals surface area (Å²) >= 11 is 5.98. The van der Waals surface area contributed by atoms with Crippen molar-refractivity contribution >= 4 is 33.4 Å². The normalized spacial score (nSPS) is 11.6. The van der Waals surface area contributed by atoms with Gasteiger partial charge in [-0.05, 0) is 18.2 Å². The predicted octanol–water partition coefficient (Wildman–Crippen LogP) is 3.64. The van der Waals surface area contributed by atoms with Gasteiger partial charge in [0, 0.05) is 11.5 Å². The smallest absolute Gasteiger partial charge is 0.337 e. The number of benzene rings is 2. The summed E-state index contributed by atoms with van der Waals surface area (Å²) in [5.41, 5.74) is -0.120. The second kappa shape index (κ2) is 8.02. The predicted molar refractivity (Wildman–Crippen MR) is 98.5 cm³/mol. The summed E-state index contributed by atoms with van der Waals surface area (Å²) in [6, 6.07) is 15.3. The van der Waals surface area contributed by atoms with Gasteiger partial charge in [0.2, 0.25) is 0 Å². The third-order valence-corrected chi connectivity index (χ3v) is 4.87. The lowest BCUT2D eigenvalue weighted by atomic mass is 10.2. The molecule has 3 aromatic rings. The Morgan fingerprint density at radius 2 is 1.84 bits per heavy atom. The summed E-state index contributed by atoms with van der Waals surface area (Å²) in [4.78, 5) is 12.0.